The molecule has 0 aliphatic carbocycles. The van der Waals surface area contributed by atoms with E-state index in [9.17, 15) is 14.9 Å². The van der Waals surface area contributed by atoms with Crippen LogP contribution in [-0.2, 0) is 4.74 Å². The Morgan fingerprint density at radius 1 is 1.59 bits per heavy atom. The Bertz CT molecular complexity index is 447. The molecule has 1 rings (SSSR count). The molecule has 0 radical (unpaired) electrons. The summed E-state index contributed by atoms with van der Waals surface area (Å²) in [6, 6.07) is 2.53. The minimum atomic E-state index is -0.620. The summed E-state index contributed by atoms with van der Waals surface area (Å²) in [7, 11) is 2.89. The average Bonchev–Trinajstić information content (AvgIpc) is 2.35. The second-order valence-electron chi connectivity index (χ2n) is 3.30. The SMILES string of the molecule is CCN(C)c1nc(C(=O)OC)ccc1[N+](=O)[O-]. The average molecular weight is 239 g/mol. The molecule has 92 valence electrons. The molecular weight excluding hydrogens is 226 g/mol. The monoisotopic (exact) mass is 239 g/mol. The molecule has 7 nitrogen and oxygen atoms in total. The Hall–Kier alpha value is -2.18. The smallest absolute Gasteiger partial charge is 0.356 e. The third-order valence-electron chi connectivity index (χ3n) is 2.28. The summed E-state index contributed by atoms with van der Waals surface area (Å²) < 4.78 is 4.52. The molecule has 0 amide bonds. The zero-order chi connectivity index (χ0) is 13.0. The Morgan fingerprint density at radius 3 is 2.71 bits per heavy atom. The first kappa shape index (κ1) is 12.9. The van der Waals surface area contributed by atoms with Crippen molar-refractivity contribution in [1.29, 1.82) is 0 Å². The van der Waals surface area contributed by atoms with Crippen LogP contribution in [0.5, 0.6) is 0 Å². The molecular formula is C10H13N3O4. The predicted octanol–water partition coefficient (Wildman–Crippen LogP) is 1.23. The number of nitrogens with zero attached hydrogens (tertiary/aromatic N) is 3. The van der Waals surface area contributed by atoms with Crippen LogP contribution < -0.4 is 4.90 Å². The van der Waals surface area contributed by atoms with E-state index in [1.807, 2.05) is 6.92 Å². The number of carbonyl (C=O) groups is 1. The van der Waals surface area contributed by atoms with Gasteiger partial charge in [-0.15, -0.1) is 0 Å². The lowest BCUT2D eigenvalue weighted by atomic mass is 10.3. The number of nitro groups is 1. The number of anilines is 1. The molecule has 0 saturated carbocycles. The van der Waals surface area contributed by atoms with Gasteiger partial charge in [0.25, 0.3) is 0 Å². The molecule has 0 fully saturated rings. The highest BCUT2D eigenvalue weighted by Gasteiger charge is 2.21. The van der Waals surface area contributed by atoms with Crippen LogP contribution in [0.2, 0.25) is 0 Å². The third kappa shape index (κ3) is 2.68. The first-order chi connectivity index (χ1) is 8.01. The van der Waals surface area contributed by atoms with Crippen molar-refractivity contribution < 1.29 is 14.5 Å². The van der Waals surface area contributed by atoms with Crippen molar-refractivity contribution in [2.75, 3.05) is 25.6 Å². The fraction of sp³-hybridized carbons (Fsp3) is 0.400. The topological polar surface area (TPSA) is 85.6 Å². The molecule has 1 aromatic rings. The maximum absolute atomic E-state index is 11.3. The van der Waals surface area contributed by atoms with Crippen LogP contribution in [0.25, 0.3) is 0 Å². The molecule has 0 bridgehead atoms. The van der Waals surface area contributed by atoms with Crippen molar-refractivity contribution in [3.8, 4) is 0 Å². The maximum Gasteiger partial charge on any atom is 0.356 e. The Kier molecular flexibility index (Phi) is 3.97. The van der Waals surface area contributed by atoms with E-state index in [-0.39, 0.29) is 17.2 Å². The zero-order valence-electron chi connectivity index (χ0n) is 9.84. The maximum atomic E-state index is 11.3. The largest absolute Gasteiger partial charge is 0.464 e. The molecule has 0 aromatic carbocycles. The molecule has 0 aliphatic rings. The number of rotatable bonds is 4. The molecule has 1 aromatic heterocycles. The van der Waals surface area contributed by atoms with Crippen molar-refractivity contribution in [3.63, 3.8) is 0 Å². The van der Waals surface area contributed by atoms with Crippen LogP contribution in [0.3, 0.4) is 0 Å². The van der Waals surface area contributed by atoms with E-state index in [2.05, 4.69) is 9.72 Å². The van der Waals surface area contributed by atoms with Gasteiger partial charge in [0.05, 0.1) is 12.0 Å². The van der Waals surface area contributed by atoms with Gasteiger partial charge in [-0.05, 0) is 13.0 Å². The minimum Gasteiger partial charge on any atom is -0.464 e. The second-order valence-corrected chi connectivity index (χ2v) is 3.30. The fourth-order valence-electron chi connectivity index (χ4n) is 1.23. The summed E-state index contributed by atoms with van der Waals surface area (Å²) >= 11 is 0. The lowest BCUT2D eigenvalue weighted by Gasteiger charge is -2.15. The third-order valence-corrected chi connectivity index (χ3v) is 2.28. The molecule has 0 unspecified atom stereocenters. The Balaban J connectivity index is 3.28. The lowest BCUT2D eigenvalue weighted by molar-refractivity contribution is -0.384. The zero-order valence-corrected chi connectivity index (χ0v) is 9.84. The van der Waals surface area contributed by atoms with Gasteiger partial charge < -0.3 is 9.64 Å². The molecule has 17 heavy (non-hydrogen) atoms. The van der Waals surface area contributed by atoms with E-state index in [0.717, 1.165) is 0 Å². The molecule has 7 heteroatoms. The number of esters is 1. The van der Waals surface area contributed by atoms with E-state index in [4.69, 9.17) is 0 Å². The Labute approximate surface area is 98.2 Å². The molecule has 0 atom stereocenters. The highest BCUT2D eigenvalue weighted by molar-refractivity contribution is 5.88. The standard InChI is InChI=1S/C10H13N3O4/c1-4-12(2)9-8(13(15)16)6-5-7(11-9)10(14)17-3/h5-6H,4H2,1-3H3. The van der Waals surface area contributed by atoms with Crippen LogP contribution >= 0.6 is 0 Å². The molecule has 0 spiro atoms. The summed E-state index contributed by atoms with van der Waals surface area (Å²) in [4.78, 5) is 27.1. The van der Waals surface area contributed by atoms with Gasteiger partial charge in [0.2, 0.25) is 5.82 Å². The number of pyridine rings is 1. The summed E-state index contributed by atoms with van der Waals surface area (Å²) in [5, 5.41) is 10.8. The number of methoxy groups -OCH3 is 1. The van der Waals surface area contributed by atoms with Gasteiger partial charge in [-0.25, -0.2) is 9.78 Å². The van der Waals surface area contributed by atoms with E-state index in [1.165, 1.54) is 19.2 Å². The van der Waals surface area contributed by atoms with Crippen LogP contribution in [0, 0.1) is 10.1 Å². The lowest BCUT2D eigenvalue weighted by Crippen LogP contribution is -2.20. The van der Waals surface area contributed by atoms with E-state index in [0.29, 0.717) is 6.54 Å². The fourth-order valence-corrected chi connectivity index (χ4v) is 1.23. The number of ether oxygens (including phenoxy) is 1. The van der Waals surface area contributed by atoms with Crippen LogP contribution in [0.1, 0.15) is 17.4 Å². The highest BCUT2D eigenvalue weighted by atomic mass is 16.6. The number of aromatic nitrogens is 1. The van der Waals surface area contributed by atoms with Crippen molar-refractivity contribution in [2.24, 2.45) is 0 Å². The first-order valence-electron chi connectivity index (χ1n) is 4.96. The minimum absolute atomic E-state index is 0.0494. The van der Waals surface area contributed by atoms with E-state index < -0.39 is 10.9 Å². The molecule has 1 heterocycles. The van der Waals surface area contributed by atoms with Crippen LogP contribution in [0.4, 0.5) is 11.5 Å². The summed E-state index contributed by atoms with van der Waals surface area (Å²) in [6.45, 7) is 2.37. The van der Waals surface area contributed by atoms with Gasteiger partial charge in [0, 0.05) is 19.7 Å². The molecule has 0 saturated heterocycles. The van der Waals surface area contributed by atoms with Gasteiger partial charge in [-0.2, -0.15) is 0 Å². The van der Waals surface area contributed by atoms with Crippen molar-refractivity contribution in [1.82, 2.24) is 4.98 Å². The number of carbonyl (C=O) groups excluding carboxylic acids is 1. The summed E-state index contributed by atoms with van der Waals surface area (Å²) in [5.41, 5.74) is -0.0876. The predicted molar refractivity (Wildman–Crippen MR) is 61.2 cm³/mol. The van der Waals surface area contributed by atoms with E-state index >= 15 is 0 Å². The van der Waals surface area contributed by atoms with Gasteiger partial charge in [0.15, 0.2) is 5.69 Å². The van der Waals surface area contributed by atoms with Gasteiger partial charge in [-0.3, -0.25) is 10.1 Å². The van der Waals surface area contributed by atoms with Gasteiger partial charge >= 0.3 is 11.7 Å². The summed E-state index contributed by atoms with van der Waals surface area (Å²) in [5.74, 6) is -0.467. The summed E-state index contributed by atoms with van der Waals surface area (Å²) in [6.07, 6.45) is 0. The second kappa shape index (κ2) is 5.24. The van der Waals surface area contributed by atoms with E-state index in [1.54, 1.807) is 11.9 Å². The molecule has 0 N–H and O–H groups in total. The Morgan fingerprint density at radius 2 is 2.24 bits per heavy atom. The van der Waals surface area contributed by atoms with Crippen molar-refractivity contribution in [2.45, 2.75) is 6.92 Å². The first-order valence-corrected chi connectivity index (χ1v) is 4.96. The van der Waals surface area contributed by atoms with Gasteiger partial charge in [-0.1, -0.05) is 0 Å². The molecule has 0 aliphatic heterocycles. The highest BCUT2D eigenvalue weighted by Crippen LogP contribution is 2.25. The normalized spacial score (nSPS) is 9.82. The quantitative estimate of drug-likeness (QED) is 0.446. The van der Waals surface area contributed by atoms with Crippen molar-refractivity contribution in [3.05, 3.63) is 27.9 Å². The number of hydrogen-bond donors (Lipinski definition) is 0. The number of hydrogen-bond acceptors (Lipinski definition) is 6. The van der Waals surface area contributed by atoms with Crippen LogP contribution in [-0.4, -0.2) is 36.6 Å². The van der Waals surface area contributed by atoms with Gasteiger partial charge in [0.1, 0.15) is 0 Å². The van der Waals surface area contributed by atoms with Crippen molar-refractivity contribution >= 4 is 17.5 Å². The van der Waals surface area contributed by atoms with Crippen LogP contribution in [0.15, 0.2) is 12.1 Å².